The smallest absolute Gasteiger partial charge is 0.166 e. The van der Waals surface area contributed by atoms with Gasteiger partial charge >= 0.3 is 0 Å². The Morgan fingerprint density at radius 3 is 1.38 bits per heavy atom. The summed E-state index contributed by atoms with van der Waals surface area (Å²) in [7, 11) is 0. The lowest BCUT2D eigenvalue weighted by Gasteiger charge is -2.17. The van der Waals surface area contributed by atoms with E-state index in [0.717, 1.165) is 72.0 Å². The molecule has 2 aromatic heterocycles. The monoisotopic (exact) mass is 770 g/mol. The lowest BCUT2D eigenvalue weighted by molar-refractivity contribution is 0.628. The van der Waals surface area contributed by atoms with Crippen LogP contribution in [0.5, 0.6) is 0 Å². The number of halogens is 1. The number of nitriles is 2. The van der Waals surface area contributed by atoms with Crippen LogP contribution < -0.4 is 0 Å². The maximum absolute atomic E-state index is 14.9. The van der Waals surface area contributed by atoms with Crippen molar-refractivity contribution in [3.05, 3.63) is 205 Å². The molecule has 0 aliphatic rings. The van der Waals surface area contributed by atoms with Crippen molar-refractivity contribution in [1.29, 1.82) is 10.5 Å². The molecule has 0 saturated carbocycles. The summed E-state index contributed by atoms with van der Waals surface area (Å²) in [6, 6.07) is 64.7. The first-order valence-electron chi connectivity index (χ1n) is 19.4. The second-order valence-electron chi connectivity index (χ2n) is 14.4. The van der Waals surface area contributed by atoms with E-state index in [0.29, 0.717) is 34.2 Å². The Morgan fingerprint density at radius 1 is 0.383 bits per heavy atom. The van der Waals surface area contributed by atoms with Crippen molar-refractivity contribution in [2.75, 3.05) is 0 Å². The highest BCUT2D eigenvalue weighted by Gasteiger charge is 2.22. The van der Waals surface area contributed by atoms with Crippen LogP contribution in [0.1, 0.15) is 11.1 Å². The third-order valence-electron chi connectivity index (χ3n) is 10.8. The standard InChI is InChI=1S/C53H31FN6/c54-42-19-11-18-36(28-42)37-22-27-47(53-58-51(34-12-3-1-4-13-34)57-52(59-53)35-14-5-2-6-15-35)50(29-37)60-48-30-38(43-20-9-7-16-40(43)32-55)23-25-45(48)46-26-24-39(31-49(46)60)44-21-10-8-17-41(44)33-56/h1-31H. The molecule has 8 aromatic carbocycles. The van der Waals surface area contributed by atoms with Gasteiger partial charge in [-0.15, -0.1) is 0 Å². The molecule has 0 N–H and O–H groups in total. The molecule has 10 aromatic rings. The molecule has 60 heavy (non-hydrogen) atoms. The first-order chi connectivity index (χ1) is 29.6. The highest BCUT2D eigenvalue weighted by molar-refractivity contribution is 6.12. The van der Waals surface area contributed by atoms with Crippen LogP contribution in [0.4, 0.5) is 4.39 Å². The van der Waals surface area contributed by atoms with Crippen molar-refractivity contribution in [3.63, 3.8) is 0 Å². The number of hydrogen-bond acceptors (Lipinski definition) is 5. The first kappa shape index (κ1) is 35.9. The molecule has 0 saturated heterocycles. The highest BCUT2D eigenvalue weighted by Crippen LogP contribution is 2.41. The number of rotatable bonds is 7. The van der Waals surface area contributed by atoms with Crippen molar-refractivity contribution >= 4 is 21.8 Å². The molecule has 0 atom stereocenters. The average molecular weight is 771 g/mol. The first-order valence-corrected chi connectivity index (χ1v) is 19.4. The summed E-state index contributed by atoms with van der Waals surface area (Å²) in [6.45, 7) is 0. The molecule has 0 bridgehead atoms. The lowest BCUT2D eigenvalue weighted by atomic mass is 9.98. The molecule has 0 aliphatic carbocycles. The highest BCUT2D eigenvalue weighted by atomic mass is 19.1. The molecule has 0 amide bonds. The van der Waals surface area contributed by atoms with Crippen LogP contribution in [0.15, 0.2) is 188 Å². The normalized spacial score (nSPS) is 11.1. The zero-order chi connectivity index (χ0) is 40.6. The molecule has 0 aliphatic heterocycles. The second-order valence-corrected chi connectivity index (χ2v) is 14.4. The van der Waals surface area contributed by atoms with Crippen LogP contribution >= 0.6 is 0 Å². The Balaban J connectivity index is 1.33. The molecule has 6 nitrogen and oxygen atoms in total. The zero-order valence-electron chi connectivity index (χ0n) is 32.0. The van der Waals surface area contributed by atoms with Gasteiger partial charge < -0.3 is 4.57 Å². The number of nitrogens with zero attached hydrogens (tertiary/aromatic N) is 6. The summed E-state index contributed by atoms with van der Waals surface area (Å²) in [4.78, 5) is 15.3. The van der Waals surface area contributed by atoms with Crippen LogP contribution in [0.2, 0.25) is 0 Å². The summed E-state index contributed by atoms with van der Waals surface area (Å²) in [5, 5.41) is 22.2. The van der Waals surface area contributed by atoms with Crippen LogP contribution in [-0.2, 0) is 0 Å². The molecule has 7 heteroatoms. The van der Waals surface area contributed by atoms with Crippen molar-refractivity contribution in [3.8, 4) is 85.4 Å². The maximum Gasteiger partial charge on any atom is 0.166 e. The Hall–Kier alpha value is -8.52. The zero-order valence-corrected chi connectivity index (χ0v) is 32.0. The Labute approximate surface area is 345 Å². The second kappa shape index (κ2) is 15.1. The van der Waals surface area contributed by atoms with E-state index >= 15 is 0 Å². The van der Waals surface area contributed by atoms with Gasteiger partial charge in [-0.1, -0.05) is 140 Å². The van der Waals surface area contributed by atoms with E-state index in [1.54, 1.807) is 6.07 Å². The topological polar surface area (TPSA) is 91.2 Å². The molecule has 280 valence electrons. The van der Waals surface area contributed by atoms with E-state index in [9.17, 15) is 14.9 Å². The molecule has 2 heterocycles. The van der Waals surface area contributed by atoms with Gasteiger partial charge in [0, 0.05) is 27.5 Å². The summed E-state index contributed by atoms with van der Waals surface area (Å²) in [5.74, 6) is 1.16. The van der Waals surface area contributed by atoms with Gasteiger partial charge in [0.15, 0.2) is 17.5 Å². The number of aromatic nitrogens is 4. The summed E-state index contributed by atoms with van der Waals surface area (Å²) >= 11 is 0. The number of benzene rings is 8. The van der Waals surface area contributed by atoms with E-state index in [-0.39, 0.29) is 5.82 Å². The minimum Gasteiger partial charge on any atom is -0.308 e. The summed E-state index contributed by atoms with van der Waals surface area (Å²) < 4.78 is 17.1. The Morgan fingerprint density at radius 2 is 0.850 bits per heavy atom. The van der Waals surface area contributed by atoms with Crippen LogP contribution in [-0.4, -0.2) is 19.5 Å². The molecule has 10 rings (SSSR count). The maximum atomic E-state index is 14.9. The number of hydrogen-bond donors (Lipinski definition) is 0. The fourth-order valence-corrected chi connectivity index (χ4v) is 7.96. The van der Waals surface area contributed by atoms with E-state index in [4.69, 9.17) is 15.0 Å². The third kappa shape index (κ3) is 6.43. The van der Waals surface area contributed by atoms with Crippen molar-refractivity contribution in [2.45, 2.75) is 0 Å². The van der Waals surface area contributed by atoms with E-state index < -0.39 is 0 Å². The summed E-state index contributed by atoms with van der Waals surface area (Å²) in [6.07, 6.45) is 0. The van der Waals surface area contributed by atoms with Gasteiger partial charge in [0.2, 0.25) is 0 Å². The largest absolute Gasteiger partial charge is 0.308 e. The van der Waals surface area contributed by atoms with Crippen molar-refractivity contribution in [1.82, 2.24) is 19.5 Å². The van der Waals surface area contributed by atoms with E-state index in [2.05, 4.69) is 59.2 Å². The minimum absolute atomic E-state index is 0.339. The lowest BCUT2D eigenvalue weighted by Crippen LogP contribution is -2.04. The predicted molar refractivity (Wildman–Crippen MR) is 236 cm³/mol. The predicted octanol–water partition coefficient (Wildman–Crippen LogP) is 12.9. The SMILES string of the molecule is N#Cc1ccccc1-c1ccc2c3ccc(-c4ccccc4C#N)cc3n(-c3cc(-c4cccc(F)c4)ccc3-c3nc(-c4ccccc4)nc(-c4ccccc4)n3)c2c1. The molecule has 0 spiro atoms. The third-order valence-corrected chi connectivity index (χ3v) is 10.8. The molecule has 0 fully saturated rings. The van der Waals surface area contributed by atoms with E-state index in [1.165, 1.54) is 12.1 Å². The van der Waals surface area contributed by atoms with Crippen molar-refractivity contribution in [2.24, 2.45) is 0 Å². The van der Waals surface area contributed by atoms with Crippen LogP contribution in [0.25, 0.3) is 95.0 Å². The van der Waals surface area contributed by atoms with Crippen LogP contribution in [0, 0.1) is 28.5 Å². The van der Waals surface area contributed by atoms with Crippen molar-refractivity contribution < 1.29 is 4.39 Å². The Bertz CT molecular complexity index is 3190. The molecule has 0 unspecified atom stereocenters. The van der Waals surface area contributed by atoms with Gasteiger partial charge in [-0.3, -0.25) is 0 Å². The van der Waals surface area contributed by atoms with Gasteiger partial charge in [-0.25, -0.2) is 19.3 Å². The van der Waals surface area contributed by atoms with E-state index in [1.807, 2.05) is 127 Å². The number of fused-ring (bicyclic) bond motifs is 3. The average Bonchev–Trinajstić information content (AvgIpc) is 3.64. The van der Waals surface area contributed by atoms with Gasteiger partial charge in [0.05, 0.1) is 40.0 Å². The van der Waals surface area contributed by atoms with Gasteiger partial charge in [0.25, 0.3) is 0 Å². The molecular weight excluding hydrogens is 740 g/mol. The fourth-order valence-electron chi connectivity index (χ4n) is 7.96. The minimum atomic E-state index is -0.339. The van der Waals surface area contributed by atoms with Gasteiger partial charge in [0.1, 0.15) is 5.82 Å². The quantitative estimate of drug-likeness (QED) is 0.161. The fraction of sp³-hybridized carbons (Fsp3) is 0. The van der Waals surface area contributed by atoms with Crippen LogP contribution in [0.3, 0.4) is 0 Å². The van der Waals surface area contributed by atoms with Gasteiger partial charge in [-0.05, 0) is 81.9 Å². The molecular formula is C53H31FN6. The summed E-state index contributed by atoms with van der Waals surface area (Å²) in [5.41, 5.74) is 10.9. The van der Waals surface area contributed by atoms with Gasteiger partial charge in [-0.2, -0.15) is 10.5 Å². The molecule has 0 radical (unpaired) electrons. The Kier molecular flexibility index (Phi) is 9.02.